The summed E-state index contributed by atoms with van der Waals surface area (Å²) in [5.74, 6) is 5.25. The molecule has 4 nitrogen and oxygen atoms in total. The quantitative estimate of drug-likeness (QED) is 0.189. The maximum absolute atomic E-state index is 9.79. The largest absolute Gasteiger partial charge is 0.396 e. The van der Waals surface area contributed by atoms with Crippen LogP contribution in [0.15, 0.2) is 0 Å². The molecule has 2 saturated carbocycles. The van der Waals surface area contributed by atoms with Gasteiger partial charge in [-0.25, -0.2) is 0 Å². The van der Waals surface area contributed by atoms with E-state index in [-0.39, 0.29) is 6.61 Å². The highest BCUT2D eigenvalue weighted by Gasteiger charge is 2.32. The minimum Gasteiger partial charge on any atom is -0.396 e. The third-order valence-corrected chi connectivity index (χ3v) is 9.32. The summed E-state index contributed by atoms with van der Waals surface area (Å²) in [5, 5.41) is 25.7. The van der Waals surface area contributed by atoms with Crippen molar-refractivity contribution < 1.29 is 10.2 Å². The molecular weight excluding hydrogens is 396 g/mol. The van der Waals surface area contributed by atoms with Gasteiger partial charge in [0, 0.05) is 32.2 Å². The van der Waals surface area contributed by atoms with Crippen molar-refractivity contribution in [1.82, 2.24) is 10.6 Å². The molecule has 4 heteroatoms. The molecule has 0 aromatic carbocycles. The molecule has 2 aliphatic carbocycles. The highest BCUT2D eigenvalue weighted by molar-refractivity contribution is 4.86. The fourth-order valence-corrected chi connectivity index (χ4v) is 6.60. The van der Waals surface area contributed by atoms with E-state index in [1.165, 1.54) is 77.0 Å². The number of nitrogens with one attached hydrogen (secondary N) is 2. The average Bonchev–Trinajstić information content (AvgIpc) is 2.77. The van der Waals surface area contributed by atoms with Crippen molar-refractivity contribution in [1.29, 1.82) is 0 Å². The monoisotopic (exact) mass is 452 g/mol. The second-order valence-corrected chi connectivity index (χ2v) is 11.5. The van der Waals surface area contributed by atoms with E-state index in [0.29, 0.717) is 12.5 Å². The van der Waals surface area contributed by atoms with E-state index in [1.807, 2.05) is 0 Å². The van der Waals surface area contributed by atoms with Gasteiger partial charge in [0.25, 0.3) is 0 Å². The van der Waals surface area contributed by atoms with Gasteiger partial charge in [-0.3, -0.25) is 5.32 Å². The van der Waals surface area contributed by atoms with Gasteiger partial charge in [0.1, 0.15) is 6.23 Å². The van der Waals surface area contributed by atoms with Crippen molar-refractivity contribution in [3.63, 3.8) is 0 Å². The molecule has 190 valence electrons. The van der Waals surface area contributed by atoms with Crippen molar-refractivity contribution in [2.75, 3.05) is 19.7 Å². The first-order valence-electron chi connectivity index (χ1n) is 14.2. The highest BCUT2D eigenvalue weighted by Crippen LogP contribution is 2.38. The standard InChI is InChI=1S/C28H56N2O2/c1-21-11-9-14-25(23(21)3)13-7-5-6-8-16-27(26-15-10-12-22(2)24(26)4)29-18-19-30-28(32)17-20-31/h21-32H,5-20H2,1-4H3. The van der Waals surface area contributed by atoms with Crippen LogP contribution in [0.3, 0.4) is 0 Å². The predicted molar refractivity (Wildman–Crippen MR) is 137 cm³/mol. The molecule has 8 unspecified atom stereocenters. The molecule has 0 aliphatic heterocycles. The topological polar surface area (TPSA) is 64.5 Å². The lowest BCUT2D eigenvalue weighted by Crippen LogP contribution is -2.45. The Morgan fingerprint density at radius 3 is 2.16 bits per heavy atom. The minimum absolute atomic E-state index is 0.0282. The van der Waals surface area contributed by atoms with Gasteiger partial charge in [-0.1, -0.05) is 91.9 Å². The Morgan fingerprint density at radius 1 is 0.750 bits per heavy atom. The zero-order valence-corrected chi connectivity index (χ0v) is 21.8. The highest BCUT2D eigenvalue weighted by atomic mass is 16.3. The minimum atomic E-state index is -0.594. The van der Waals surface area contributed by atoms with Crippen molar-refractivity contribution in [3.05, 3.63) is 0 Å². The number of unbranched alkanes of at least 4 members (excludes halogenated alkanes) is 3. The second-order valence-electron chi connectivity index (χ2n) is 11.5. The normalized spacial score (nSPS) is 33.2. The second kappa shape index (κ2) is 15.7. The Bertz CT molecular complexity index is 474. The van der Waals surface area contributed by atoms with Crippen molar-refractivity contribution in [3.8, 4) is 0 Å². The SMILES string of the molecule is CC1CCCC(CCCCCCC(NCCNC(O)CCO)C2CCCC(C)C2C)C1C. The number of hydrogen-bond acceptors (Lipinski definition) is 4. The van der Waals surface area contributed by atoms with Crippen LogP contribution in [0, 0.1) is 35.5 Å². The van der Waals surface area contributed by atoms with E-state index in [9.17, 15) is 5.11 Å². The molecule has 32 heavy (non-hydrogen) atoms. The maximum Gasteiger partial charge on any atom is 0.107 e. The van der Waals surface area contributed by atoms with Crippen LogP contribution in [-0.4, -0.2) is 42.2 Å². The van der Waals surface area contributed by atoms with E-state index in [1.54, 1.807) is 0 Å². The molecule has 0 spiro atoms. The van der Waals surface area contributed by atoms with Crippen LogP contribution in [0.4, 0.5) is 0 Å². The molecule has 4 N–H and O–H groups in total. The van der Waals surface area contributed by atoms with Crippen molar-refractivity contribution in [2.45, 2.75) is 123 Å². The molecule has 0 heterocycles. The summed E-state index contributed by atoms with van der Waals surface area (Å²) in [6.07, 6.45) is 16.6. The molecule has 0 aromatic rings. The molecule has 0 bridgehead atoms. The third-order valence-electron chi connectivity index (χ3n) is 9.32. The Morgan fingerprint density at radius 2 is 1.41 bits per heavy atom. The molecule has 0 radical (unpaired) electrons. The van der Waals surface area contributed by atoms with Crippen LogP contribution in [0.5, 0.6) is 0 Å². The van der Waals surface area contributed by atoms with Gasteiger partial charge < -0.3 is 15.5 Å². The molecule has 8 atom stereocenters. The van der Waals surface area contributed by atoms with E-state index >= 15 is 0 Å². The van der Waals surface area contributed by atoms with Gasteiger partial charge in [-0.05, 0) is 48.3 Å². The molecular formula is C28H56N2O2. The fourth-order valence-electron chi connectivity index (χ4n) is 6.60. The molecule has 0 saturated heterocycles. The van der Waals surface area contributed by atoms with E-state index in [0.717, 1.165) is 48.6 Å². The lowest BCUT2D eigenvalue weighted by atomic mass is 9.70. The molecule has 0 aromatic heterocycles. The van der Waals surface area contributed by atoms with Crippen LogP contribution in [0.1, 0.15) is 111 Å². The fraction of sp³-hybridized carbons (Fsp3) is 1.00. The summed E-state index contributed by atoms with van der Waals surface area (Å²) in [5.41, 5.74) is 0. The van der Waals surface area contributed by atoms with Crippen LogP contribution in [-0.2, 0) is 0 Å². The van der Waals surface area contributed by atoms with Crippen molar-refractivity contribution in [2.24, 2.45) is 35.5 Å². The molecule has 2 aliphatic rings. The first kappa shape index (κ1) is 28.1. The Hall–Kier alpha value is -0.160. The smallest absolute Gasteiger partial charge is 0.107 e. The molecule has 2 rings (SSSR count). The van der Waals surface area contributed by atoms with Gasteiger partial charge in [-0.2, -0.15) is 0 Å². The summed E-state index contributed by atoms with van der Waals surface area (Å²) in [7, 11) is 0. The van der Waals surface area contributed by atoms with Crippen LogP contribution < -0.4 is 10.6 Å². The Kier molecular flexibility index (Phi) is 13.8. The first-order chi connectivity index (χ1) is 15.4. The Balaban J connectivity index is 1.70. The number of hydrogen-bond donors (Lipinski definition) is 4. The maximum atomic E-state index is 9.79. The van der Waals surface area contributed by atoms with E-state index in [4.69, 9.17) is 5.11 Å². The summed E-state index contributed by atoms with van der Waals surface area (Å²) in [6.45, 7) is 11.5. The van der Waals surface area contributed by atoms with Crippen LogP contribution in [0.2, 0.25) is 0 Å². The number of aliphatic hydroxyl groups excluding tert-OH is 2. The molecule has 0 amide bonds. The summed E-state index contributed by atoms with van der Waals surface area (Å²) in [6, 6.07) is 0.601. The van der Waals surface area contributed by atoms with Gasteiger partial charge >= 0.3 is 0 Å². The number of rotatable bonds is 15. The van der Waals surface area contributed by atoms with Gasteiger partial charge in [0.2, 0.25) is 0 Å². The number of aliphatic hydroxyl groups is 2. The van der Waals surface area contributed by atoms with E-state index < -0.39 is 6.23 Å². The molecule has 2 fully saturated rings. The predicted octanol–water partition coefficient (Wildman–Crippen LogP) is 5.72. The van der Waals surface area contributed by atoms with Crippen LogP contribution in [0.25, 0.3) is 0 Å². The average molecular weight is 453 g/mol. The van der Waals surface area contributed by atoms with E-state index in [2.05, 4.69) is 38.3 Å². The summed E-state index contributed by atoms with van der Waals surface area (Å²) < 4.78 is 0. The Labute approximate surface area is 199 Å². The zero-order valence-electron chi connectivity index (χ0n) is 21.8. The van der Waals surface area contributed by atoms with Crippen LogP contribution >= 0.6 is 0 Å². The zero-order chi connectivity index (χ0) is 23.3. The summed E-state index contributed by atoms with van der Waals surface area (Å²) >= 11 is 0. The third kappa shape index (κ3) is 9.60. The lowest BCUT2D eigenvalue weighted by Gasteiger charge is -2.40. The van der Waals surface area contributed by atoms with Gasteiger partial charge in [0.05, 0.1) is 0 Å². The van der Waals surface area contributed by atoms with Gasteiger partial charge in [-0.15, -0.1) is 0 Å². The first-order valence-corrected chi connectivity index (χ1v) is 14.2. The lowest BCUT2D eigenvalue weighted by molar-refractivity contribution is 0.101. The van der Waals surface area contributed by atoms with Crippen molar-refractivity contribution >= 4 is 0 Å². The van der Waals surface area contributed by atoms with Gasteiger partial charge in [0.15, 0.2) is 0 Å². The summed E-state index contributed by atoms with van der Waals surface area (Å²) in [4.78, 5) is 0.